The zero-order valence-corrected chi connectivity index (χ0v) is 16.3. The van der Waals surface area contributed by atoms with Crippen LogP contribution in [0.25, 0.3) is 0 Å². The van der Waals surface area contributed by atoms with Crippen LogP contribution in [0.1, 0.15) is 45.0 Å². The summed E-state index contributed by atoms with van der Waals surface area (Å²) < 4.78 is 60.6. The average molecular weight is 402 g/mol. The summed E-state index contributed by atoms with van der Waals surface area (Å²) >= 11 is 0. The van der Waals surface area contributed by atoms with E-state index in [1.54, 1.807) is 34.6 Å². The molecule has 0 amide bonds. The second kappa shape index (κ2) is 7.75. The van der Waals surface area contributed by atoms with Gasteiger partial charge in [-0.1, -0.05) is 0 Å². The first kappa shape index (κ1) is 22.2. The first-order chi connectivity index (χ1) is 12.8. The zero-order chi connectivity index (χ0) is 21.3. The van der Waals surface area contributed by atoms with E-state index < -0.39 is 48.4 Å². The molecule has 0 bridgehead atoms. The van der Waals surface area contributed by atoms with Gasteiger partial charge in [0.05, 0.1) is 17.8 Å². The maximum Gasteiger partial charge on any atom is 0.495 e. The molecule has 0 saturated carbocycles. The summed E-state index contributed by atoms with van der Waals surface area (Å²) in [5.41, 5.74) is -2.37. The van der Waals surface area contributed by atoms with Gasteiger partial charge in [0.25, 0.3) is 5.78 Å². The summed E-state index contributed by atoms with van der Waals surface area (Å²) in [7, 11) is -1.21. The zero-order valence-electron chi connectivity index (χ0n) is 16.3. The normalized spacial score (nSPS) is 18.1. The third-order valence-electron chi connectivity index (χ3n) is 4.69. The summed E-state index contributed by atoms with van der Waals surface area (Å²) in [6.07, 6.45) is -5.06. The Balaban J connectivity index is 2.40. The quantitative estimate of drug-likeness (QED) is 0.414. The third-order valence-corrected chi connectivity index (χ3v) is 4.69. The molecule has 1 aromatic rings. The molecule has 154 valence electrons. The summed E-state index contributed by atoms with van der Waals surface area (Å²) in [6.45, 7) is 8.31. The van der Waals surface area contributed by atoms with Crippen LogP contribution < -0.4 is 10.2 Å². The summed E-state index contributed by atoms with van der Waals surface area (Å²) in [5, 5.41) is 0. The van der Waals surface area contributed by atoms with E-state index in [1.165, 1.54) is 12.1 Å². The van der Waals surface area contributed by atoms with E-state index in [-0.39, 0.29) is 17.8 Å². The molecule has 2 rings (SSSR count). The second-order valence-electron chi connectivity index (χ2n) is 7.26. The fourth-order valence-electron chi connectivity index (χ4n) is 2.50. The highest BCUT2D eigenvalue weighted by atomic mass is 19.4. The Morgan fingerprint density at radius 2 is 1.68 bits per heavy atom. The highest BCUT2D eigenvalue weighted by Gasteiger charge is 2.53. The van der Waals surface area contributed by atoms with Crippen molar-refractivity contribution >= 4 is 24.3 Å². The largest absolute Gasteiger partial charge is 0.495 e. The van der Waals surface area contributed by atoms with E-state index in [9.17, 15) is 22.8 Å². The SMILES string of the molecule is CCOC(=O)COc1ccc(C(=O)C(F)(F)F)c(B2OC(C)(C)C(C)(C)O2)c1. The Morgan fingerprint density at radius 3 is 2.18 bits per heavy atom. The number of benzene rings is 1. The fourth-order valence-corrected chi connectivity index (χ4v) is 2.50. The van der Waals surface area contributed by atoms with Gasteiger partial charge in [-0.25, -0.2) is 4.79 Å². The van der Waals surface area contributed by atoms with Crippen LogP contribution in [0.5, 0.6) is 5.75 Å². The summed E-state index contributed by atoms with van der Waals surface area (Å²) in [4.78, 5) is 23.3. The van der Waals surface area contributed by atoms with Crippen molar-refractivity contribution in [2.45, 2.75) is 52.0 Å². The van der Waals surface area contributed by atoms with Gasteiger partial charge in [0.2, 0.25) is 0 Å². The number of Topliss-reactive ketones (excluding diaryl/α,β-unsaturated/α-hetero) is 1. The Kier molecular flexibility index (Phi) is 6.15. The predicted molar refractivity (Wildman–Crippen MR) is 94.7 cm³/mol. The molecule has 0 aliphatic carbocycles. The van der Waals surface area contributed by atoms with Crippen molar-refractivity contribution in [2.24, 2.45) is 0 Å². The topological polar surface area (TPSA) is 71.1 Å². The fraction of sp³-hybridized carbons (Fsp3) is 0.556. The van der Waals surface area contributed by atoms with Crippen LogP contribution in [-0.4, -0.2) is 49.5 Å². The minimum absolute atomic E-state index is 0.0801. The van der Waals surface area contributed by atoms with E-state index in [2.05, 4.69) is 0 Å². The molecule has 10 heteroatoms. The van der Waals surface area contributed by atoms with Gasteiger partial charge >= 0.3 is 19.3 Å². The van der Waals surface area contributed by atoms with Crippen molar-refractivity contribution in [2.75, 3.05) is 13.2 Å². The van der Waals surface area contributed by atoms with Crippen molar-refractivity contribution in [3.05, 3.63) is 23.8 Å². The molecule has 0 atom stereocenters. The molecule has 1 heterocycles. The first-order valence-corrected chi connectivity index (χ1v) is 8.68. The Bertz CT molecular complexity index is 744. The number of ketones is 1. The summed E-state index contributed by atoms with van der Waals surface area (Å²) in [5.74, 6) is -2.57. The van der Waals surface area contributed by atoms with Gasteiger partial charge < -0.3 is 18.8 Å². The number of alkyl halides is 3. The van der Waals surface area contributed by atoms with Crippen molar-refractivity contribution < 1.29 is 41.5 Å². The van der Waals surface area contributed by atoms with Crippen molar-refractivity contribution in [3.63, 3.8) is 0 Å². The second-order valence-corrected chi connectivity index (χ2v) is 7.26. The van der Waals surface area contributed by atoms with E-state index in [4.69, 9.17) is 18.8 Å². The lowest BCUT2D eigenvalue weighted by molar-refractivity contribution is -0.145. The van der Waals surface area contributed by atoms with Crippen LogP contribution in [-0.2, 0) is 18.8 Å². The maximum atomic E-state index is 13.0. The monoisotopic (exact) mass is 402 g/mol. The molecule has 0 spiro atoms. The number of carbonyl (C=O) groups is 2. The molecule has 0 radical (unpaired) electrons. The molecular weight excluding hydrogens is 380 g/mol. The number of hydrogen-bond acceptors (Lipinski definition) is 6. The van der Waals surface area contributed by atoms with Crippen LogP contribution >= 0.6 is 0 Å². The molecule has 1 saturated heterocycles. The molecule has 0 aromatic heterocycles. The third kappa shape index (κ3) is 4.67. The molecule has 1 aliphatic rings. The minimum atomic E-state index is -5.06. The molecule has 1 aliphatic heterocycles. The van der Waals surface area contributed by atoms with Crippen molar-refractivity contribution in [1.82, 2.24) is 0 Å². The van der Waals surface area contributed by atoms with Crippen LogP contribution in [0.15, 0.2) is 18.2 Å². The molecule has 1 aromatic carbocycles. The lowest BCUT2D eigenvalue weighted by Crippen LogP contribution is -2.41. The number of halogens is 3. The van der Waals surface area contributed by atoms with Crippen LogP contribution in [0.4, 0.5) is 13.2 Å². The average Bonchev–Trinajstić information content (AvgIpc) is 2.79. The molecule has 1 fully saturated rings. The van der Waals surface area contributed by atoms with E-state index >= 15 is 0 Å². The van der Waals surface area contributed by atoms with E-state index in [1.807, 2.05) is 0 Å². The lowest BCUT2D eigenvalue weighted by Gasteiger charge is -2.32. The van der Waals surface area contributed by atoms with Gasteiger partial charge in [0.1, 0.15) is 5.75 Å². The predicted octanol–water partition coefficient (Wildman–Crippen LogP) is 2.67. The standard InChI is InChI=1S/C18H22BF3O6/c1-6-25-14(23)10-26-11-7-8-12(15(24)18(20,21)22)13(9-11)19-27-16(2,3)17(4,5)28-19/h7-9H,6,10H2,1-5H3. The van der Waals surface area contributed by atoms with Crippen molar-refractivity contribution in [1.29, 1.82) is 0 Å². The van der Waals surface area contributed by atoms with Crippen LogP contribution in [0.3, 0.4) is 0 Å². The van der Waals surface area contributed by atoms with Gasteiger partial charge in [-0.05, 0) is 58.3 Å². The number of hydrogen-bond donors (Lipinski definition) is 0. The van der Waals surface area contributed by atoms with Crippen LogP contribution in [0, 0.1) is 0 Å². The minimum Gasteiger partial charge on any atom is -0.482 e. The van der Waals surface area contributed by atoms with E-state index in [0.717, 1.165) is 6.07 Å². The Labute approximate surface area is 161 Å². The number of rotatable bonds is 6. The highest BCUT2D eigenvalue weighted by molar-refractivity contribution is 6.64. The maximum absolute atomic E-state index is 13.0. The summed E-state index contributed by atoms with van der Waals surface area (Å²) in [6, 6.07) is 3.37. The Hall–Kier alpha value is -2.07. The van der Waals surface area contributed by atoms with Gasteiger partial charge in [-0.15, -0.1) is 0 Å². The van der Waals surface area contributed by atoms with Gasteiger partial charge in [0.15, 0.2) is 6.61 Å². The molecular formula is C18H22BF3O6. The van der Waals surface area contributed by atoms with Crippen LogP contribution in [0.2, 0.25) is 0 Å². The Morgan fingerprint density at radius 1 is 1.11 bits per heavy atom. The van der Waals surface area contributed by atoms with Gasteiger partial charge in [0, 0.05) is 5.56 Å². The molecule has 6 nitrogen and oxygen atoms in total. The first-order valence-electron chi connectivity index (χ1n) is 8.68. The number of esters is 1. The highest BCUT2D eigenvalue weighted by Crippen LogP contribution is 2.37. The van der Waals surface area contributed by atoms with Crippen molar-refractivity contribution in [3.8, 4) is 5.75 Å². The number of carbonyl (C=O) groups excluding carboxylic acids is 2. The lowest BCUT2D eigenvalue weighted by atomic mass is 9.74. The van der Waals surface area contributed by atoms with E-state index in [0.29, 0.717) is 0 Å². The molecule has 28 heavy (non-hydrogen) atoms. The molecule has 0 unspecified atom stereocenters. The molecule has 0 N–H and O–H groups in total. The smallest absolute Gasteiger partial charge is 0.482 e. The number of ether oxygens (including phenoxy) is 2. The van der Waals surface area contributed by atoms with Gasteiger partial charge in [-0.2, -0.15) is 13.2 Å². The van der Waals surface area contributed by atoms with Gasteiger partial charge in [-0.3, -0.25) is 4.79 Å².